The lowest BCUT2D eigenvalue weighted by Gasteiger charge is -2.27. The molecule has 0 saturated heterocycles. The van der Waals surface area contributed by atoms with E-state index in [1.165, 1.54) is 10.6 Å². The first-order chi connectivity index (χ1) is 15.8. The fourth-order valence-electron chi connectivity index (χ4n) is 4.22. The van der Waals surface area contributed by atoms with Gasteiger partial charge < -0.3 is 5.32 Å². The summed E-state index contributed by atoms with van der Waals surface area (Å²) in [5.41, 5.74) is 7.89. The van der Waals surface area contributed by atoms with Gasteiger partial charge in [-0.25, -0.2) is 5.01 Å². The summed E-state index contributed by atoms with van der Waals surface area (Å²) in [7, 11) is 0. The van der Waals surface area contributed by atoms with E-state index in [4.69, 9.17) is 0 Å². The molecule has 5 nitrogen and oxygen atoms in total. The van der Waals surface area contributed by atoms with Crippen molar-refractivity contribution in [2.75, 3.05) is 11.6 Å². The van der Waals surface area contributed by atoms with E-state index < -0.39 is 6.04 Å². The molecule has 5 heteroatoms. The Kier molecular flexibility index (Phi) is 8.45. The van der Waals surface area contributed by atoms with E-state index in [0.717, 1.165) is 42.5 Å². The highest BCUT2D eigenvalue weighted by molar-refractivity contribution is 6.06. The molecule has 2 aromatic carbocycles. The Labute approximate surface area is 198 Å². The molecular weight excluding hydrogens is 410 g/mol. The summed E-state index contributed by atoms with van der Waals surface area (Å²) in [6.07, 6.45) is 5.52. The largest absolute Gasteiger partial charge is 0.306 e. The number of carbonyl (C=O) groups excluding carboxylic acids is 2. The molecule has 0 bridgehead atoms. The van der Waals surface area contributed by atoms with Gasteiger partial charge in [-0.1, -0.05) is 61.0 Å². The number of hydrazine groups is 1. The van der Waals surface area contributed by atoms with Crippen molar-refractivity contribution in [3.8, 4) is 11.1 Å². The Balaban J connectivity index is 1.65. The number of para-hydroxylation sites is 1. The Morgan fingerprint density at radius 1 is 1.03 bits per heavy atom. The maximum atomic E-state index is 13.4. The second-order valence-corrected chi connectivity index (χ2v) is 9.40. The smallest absolute Gasteiger partial charge is 0.255 e. The molecule has 2 amide bonds. The third-order valence-electron chi connectivity index (χ3n) is 6.37. The molecule has 0 fully saturated rings. The summed E-state index contributed by atoms with van der Waals surface area (Å²) >= 11 is 0. The van der Waals surface area contributed by atoms with Gasteiger partial charge in [0.1, 0.15) is 0 Å². The summed E-state index contributed by atoms with van der Waals surface area (Å²) in [6.45, 7) is 11.0. The van der Waals surface area contributed by atoms with Gasteiger partial charge in [-0.05, 0) is 76.6 Å². The van der Waals surface area contributed by atoms with Gasteiger partial charge >= 0.3 is 0 Å². The van der Waals surface area contributed by atoms with Gasteiger partial charge in [0.2, 0.25) is 0 Å². The zero-order valence-corrected chi connectivity index (χ0v) is 20.5. The van der Waals surface area contributed by atoms with Gasteiger partial charge in [-0.3, -0.25) is 15.0 Å². The molecule has 176 valence electrons. The first kappa shape index (κ1) is 24.7. The van der Waals surface area contributed by atoms with Crippen molar-refractivity contribution in [3.63, 3.8) is 0 Å². The Morgan fingerprint density at radius 2 is 1.70 bits per heavy atom. The molecule has 0 spiro atoms. The lowest BCUT2D eigenvalue weighted by Crippen LogP contribution is -2.53. The van der Waals surface area contributed by atoms with Crippen molar-refractivity contribution in [1.82, 2.24) is 10.7 Å². The van der Waals surface area contributed by atoms with Crippen molar-refractivity contribution in [2.24, 2.45) is 5.92 Å². The van der Waals surface area contributed by atoms with E-state index in [-0.39, 0.29) is 17.7 Å². The van der Waals surface area contributed by atoms with Crippen LogP contribution in [0.3, 0.4) is 0 Å². The average molecular weight is 448 g/mol. The minimum absolute atomic E-state index is 0.138. The number of carbonyl (C=O) groups is 2. The molecule has 0 aromatic heterocycles. The molecule has 2 unspecified atom stereocenters. The molecule has 2 aromatic rings. The van der Waals surface area contributed by atoms with Gasteiger partial charge in [0, 0.05) is 5.56 Å². The lowest BCUT2D eigenvalue weighted by molar-refractivity contribution is -0.127. The number of fused-ring (bicyclic) bond motifs is 3. The zero-order valence-electron chi connectivity index (χ0n) is 20.5. The van der Waals surface area contributed by atoms with Crippen LogP contribution < -0.4 is 15.8 Å². The summed E-state index contributed by atoms with van der Waals surface area (Å²) in [5, 5.41) is 4.75. The monoisotopic (exact) mass is 447 g/mol. The molecule has 33 heavy (non-hydrogen) atoms. The van der Waals surface area contributed by atoms with Crippen molar-refractivity contribution < 1.29 is 9.59 Å². The van der Waals surface area contributed by atoms with Crippen LogP contribution in [-0.2, 0) is 9.59 Å². The van der Waals surface area contributed by atoms with Crippen LogP contribution in [0.25, 0.3) is 11.1 Å². The third-order valence-corrected chi connectivity index (χ3v) is 6.37. The number of benzene rings is 2. The Bertz CT molecular complexity index is 1010. The van der Waals surface area contributed by atoms with Crippen LogP contribution in [0.2, 0.25) is 0 Å². The second kappa shape index (κ2) is 11.3. The molecule has 2 N–H and O–H groups in total. The number of nitrogens with zero attached hydrogens (tertiary/aromatic N) is 1. The van der Waals surface area contributed by atoms with Crippen LogP contribution in [-0.4, -0.2) is 24.4 Å². The quantitative estimate of drug-likeness (QED) is 0.493. The van der Waals surface area contributed by atoms with E-state index in [1.54, 1.807) is 0 Å². The molecule has 0 saturated carbocycles. The molecule has 1 aliphatic rings. The maximum absolute atomic E-state index is 13.4. The van der Waals surface area contributed by atoms with E-state index in [1.807, 2.05) is 62.4 Å². The normalized spacial score (nSPS) is 16.8. The van der Waals surface area contributed by atoms with Crippen LogP contribution in [0.5, 0.6) is 0 Å². The molecule has 0 radical (unpaired) electrons. The highest BCUT2D eigenvalue weighted by Gasteiger charge is 2.32. The van der Waals surface area contributed by atoms with E-state index in [0.29, 0.717) is 11.6 Å². The third kappa shape index (κ3) is 6.11. The second-order valence-electron chi connectivity index (χ2n) is 9.40. The number of allylic oxidation sites excluding steroid dienone is 2. The van der Waals surface area contributed by atoms with Gasteiger partial charge in [0.15, 0.2) is 0 Å². The van der Waals surface area contributed by atoms with Crippen molar-refractivity contribution in [1.29, 1.82) is 0 Å². The zero-order chi connectivity index (χ0) is 24.0. The summed E-state index contributed by atoms with van der Waals surface area (Å²) in [6, 6.07) is 15.3. The average Bonchev–Trinajstić information content (AvgIpc) is 2.88. The minimum Gasteiger partial charge on any atom is -0.306 e. The maximum Gasteiger partial charge on any atom is 0.255 e. The number of hydrogen-bond donors (Lipinski definition) is 2. The number of amides is 2. The highest BCUT2D eigenvalue weighted by Crippen LogP contribution is 2.39. The molecule has 3 rings (SSSR count). The lowest BCUT2D eigenvalue weighted by atomic mass is 9.92. The van der Waals surface area contributed by atoms with E-state index in [9.17, 15) is 9.59 Å². The number of rotatable bonds is 9. The highest BCUT2D eigenvalue weighted by atomic mass is 16.2. The van der Waals surface area contributed by atoms with Crippen LogP contribution in [0.1, 0.15) is 65.4 Å². The van der Waals surface area contributed by atoms with Gasteiger partial charge in [0.25, 0.3) is 11.8 Å². The first-order valence-corrected chi connectivity index (χ1v) is 12.0. The minimum atomic E-state index is -0.407. The van der Waals surface area contributed by atoms with Crippen molar-refractivity contribution in [3.05, 3.63) is 65.7 Å². The summed E-state index contributed by atoms with van der Waals surface area (Å²) in [4.78, 5) is 26.4. The fraction of sp³-hybridized carbons (Fsp3) is 0.429. The summed E-state index contributed by atoms with van der Waals surface area (Å²) < 4.78 is 0. The topological polar surface area (TPSA) is 61.4 Å². The molecule has 1 aliphatic heterocycles. The number of nitrogens with one attached hydrogen (secondary N) is 2. The number of hydrogen-bond acceptors (Lipinski definition) is 3. The predicted molar refractivity (Wildman–Crippen MR) is 136 cm³/mol. The van der Waals surface area contributed by atoms with E-state index in [2.05, 4.69) is 37.6 Å². The Hall–Kier alpha value is -2.92. The SMILES string of the molecule is CC(C)=CCCC(C)CCN[C@@H](C)C(=O)NN1C(=O)C(C)c2ccccc2-c2ccccc21. The predicted octanol–water partition coefficient (Wildman–Crippen LogP) is 5.59. The van der Waals surface area contributed by atoms with Crippen molar-refractivity contribution >= 4 is 17.5 Å². The molecule has 0 aliphatic carbocycles. The molecular formula is C28H37N3O2. The van der Waals surface area contributed by atoms with E-state index >= 15 is 0 Å². The van der Waals surface area contributed by atoms with Crippen molar-refractivity contribution in [2.45, 2.75) is 65.8 Å². The summed E-state index contributed by atoms with van der Waals surface area (Å²) in [5.74, 6) is -0.130. The van der Waals surface area contributed by atoms with Gasteiger partial charge in [-0.15, -0.1) is 0 Å². The van der Waals surface area contributed by atoms with Gasteiger partial charge in [0.05, 0.1) is 17.6 Å². The first-order valence-electron chi connectivity index (χ1n) is 12.0. The van der Waals surface area contributed by atoms with Crippen LogP contribution in [0, 0.1) is 5.92 Å². The van der Waals surface area contributed by atoms with Crippen LogP contribution in [0.15, 0.2) is 60.2 Å². The van der Waals surface area contributed by atoms with Gasteiger partial charge in [-0.2, -0.15) is 0 Å². The standard InChI is InChI=1S/C28H37N3O2/c1-19(2)11-10-12-20(3)17-18-29-22(5)27(32)30-31-26-16-9-8-15-25(26)24-14-7-6-13-23(24)21(4)28(31)33/h6-9,11,13-16,20-22,29H,10,12,17-18H2,1-5H3,(H,30,32)/t20?,21?,22-/m0/s1. The van der Waals surface area contributed by atoms with Crippen LogP contribution >= 0.6 is 0 Å². The molecule has 3 atom stereocenters. The Morgan fingerprint density at radius 3 is 2.42 bits per heavy atom. The van der Waals surface area contributed by atoms with Crippen LogP contribution in [0.4, 0.5) is 5.69 Å². The molecule has 1 heterocycles. The number of anilines is 1. The fourth-order valence-corrected chi connectivity index (χ4v) is 4.22.